The van der Waals surface area contributed by atoms with Crippen LogP contribution in [0.2, 0.25) is 0 Å². The number of benzene rings is 1. The first-order valence-corrected chi connectivity index (χ1v) is 10.5. The molecule has 8 nitrogen and oxygen atoms in total. The van der Waals surface area contributed by atoms with Crippen molar-refractivity contribution >= 4 is 5.91 Å². The molecule has 1 aliphatic rings. The zero-order valence-corrected chi connectivity index (χ0v) is 18.6. The van der Waals surface area contributed by atoms with Gasteiger partial charge in [-0.05, 0) is 18.4 Å². The summed E-state index contributed by atoms with van der Waals surface area (Å²) in [6, 6.07) is 5.86. The first-order valence-electron chi connectivity index (χ1n) is 10.5. The predicted molar refractivity (Wildman–Crippen MR) is 115 cm³/mol. The normalized spacial score (nSPS) is 15.4. The fourth-order valence-corrected chi connectivity index (χ4v) is 4.07. The fourth-order valence-electron chi connectivity index (χ4n) is 4.07. The van der Waals surface area contributed by atoms with Crippen LogP contribution >= 0.6 is 0 Å². The number of aromatic nitrogens is 3. The van der Waals surface area contributed by atoms with Crippen LogP contribution < -0.4 is 14.8 Å². The van der Waals surface area contributed by atoms with Crippen LogP contribution in [0.5, 0.6) is 11.5 Å². The van der Waals surface area contributed by atoms with Gasteiger partial charge in [-0.2, -0.15) is 0 Å². The van der Waals surface area contributed by atoms with Crippen molar-refractivity contribution in [3.63, 3.8) is 0 Å². The van der Waals surface area contributed by atoms with Gasteiger partial charge in [-0.3, -0.25) is 9.69 Å². The highest BCUT2D eigenvalue weighted by Crippen LogP contribution is 2.32. The van der Waals surface area contributed by atoms with Gasteiger partial charge in [0, 0.05) is 45.1 Å². The summed E-state index contributed by atoms with van der Waals surface area (Å²) in [5.74, 6) is 3.76. The van der Waals surface area contributed by atoms with Crippen LogP contribution in [0.1, 0.15) is 50.4 Å². The van der Waals surface area contributed by atoms with E-state index < -0.39 is 0 Å². The molecule has 164 valence electrons. The van der Waals surface area contributed by atoms with Crippen molar-refractivity contribution in [2.45, 2.75) is 52.7 Å². The van der Waals surface area contributed by atoms with Crippen LogP contribution in [0.4, 0.5) is 0 Å². The molecule has 0 saturated heterocycles. The minimum Gasteiger partial charge on any atom is -0.493 e. The molecule has 3 rings (SSSR count). The third kappa shape index (κ3) is 5.11. The monoisotopic (exact) mass is 415 g/mol. The van der Waals surface area contributed by atoms with Crippen molar-refractivity contribution in [2.24, 2.45) is 5.92 Å². The average molecular weight is 416 g/mol. The number of carbonyl (C=O) groups excluding carboxylic acids is 1. The number of ether oxygens (including phenoxy) is 2. The molecule has 1 N–H and O–H groups in total. The molecule has 1 atom stereocenters. The molecule has 1 aliphatic heterocycles. The van der Waals surface area contributed by atoms with Gasteiger partial charge in [0.1, 0.15) is 5.82 Å². The summed E-state index contributed by atoms with van der Waals surface area (Å²) >= 11 is 0. The summed E-state index contributed by atoms with van der Waals surface area (Å²) in [4.78, 5) is 14.1. The molecule has 0 aliphatic carbocycles. The molecule has 1 aromatic carbocycles. The smallest absolute Gasteiger partial charge is 0.217 e. The van der Waals surface area contributed by atoms with E-state index in [4.69, 9.17) is 9.47 Å². The van der Waals surface area contributed by atoms with Gasteiger partial charge in [-0.1, -0.05) is 26.0 Å². The molecule has 30 heavy (non-hydrogen) atoms. The van der Waals surface area contributed by atoms with E-state index >= 15 is 0 Å². The molecular weight excluding hydrogens is 382 g/mol. The predicted octanol–water partition coefficient (Wildman–Crippen LogP) is 2.58. The number of hydrogen-bond donors (Lipinski definition) is 1. The van der Waals surface area contributed by atoms with Crippen LogP contribution in [-0.2, 0) is 24.3 Å². The van der Waals surface area contributed by atoms with Crippen LogP contribution in [-0.4, -0.2) is 52.9 Å². The van der Waals surface area contributed by atoms with E-state index in [-0.39, 0.29) is 11.9 Å². The lowest BCUT2D eigenvalue weighted by atomic mass is 10.0. The van der Waals surface area contributed by atoms with Gasteiger partial charge in [0.15, 0.2) is 17.3 Å². The van der Waals surface area contributed by atoms with Gasteiger partial charge in [0.05, 0.1) is 20.3 Å². The van der Waals surface area contributed by atoms with E-state index in [1.54, 1.807) is 21.1 Å². The van der Waals surface area contributed by atoms with Crippen molar-refractivity contribution in [3.05, 3.63) is 35.4 Å². The first-order chi connectivity index (χ1) is 14.4. The second kappa shape index (κ2) is 9.93. The maximum Gasteiger partial charge on any atom is 0.217 e. The van der Waals surface area contributed by atoms with Crippen molar-refractivity contribution in [1.29, 1.82) is 0 Å². The minimum absolute atomic E-state index is 0.0432. The highest BCUT2D eigenvalue weighted by molar-refractivity contribution is 5.73. The highest BCUT2D eigenvalue weighted by Gasteiger charge is 2.25. The summed E-state index contributed by atoms with van der Waals surface area (Å²) in [5, 5.41) is 11.9. The number of fused-ring (bicyclic) bond motifs is 1. The van der Waals surface area contributed by atoms with Crippen molar-refractivity contribution in [3.8, 4) is 11.5 Å². The first kappa shape index (κ1) is 22.1. The van der Waals surface area contributed by atoms with E-state index in [0.29, 0.717) is 5.92 Å². The Kier molecular flexibility index (Phi) is 7.31. The Balaban J connectivity index is 1.76. The lowest BCUT2D eigenvalue weighted by Crippen LogP contribution is -2.31. The number of hydrogen-bond acceptors (Lipinski definition) is 6. The molecule has 1 unspecified atom stereocenters. The third-order valence-electron chi connectivity index (χ3n) is 5.42. The molecule has 0 radical (unpaired) electrons. The third-order valence-corrected chi connectivity index (χ3v) is 5.42. The molecular formula is C22H33N5O3. The Hall–Kier alpha value is -2.61. The summed E-state index contributed by atoms with van der Waals surface area (Å²) in [5.41, 5.74) is 1.10. The SMILES string of the molecule is COc1cccc(CN2CCc3nnc(C(CC(C)C)NC(C)=O)n3CC2)c1OC. The van der Waals surface area contributed by atoms with Gasteiger partial charge in [-0.25, -0.2) is 0 Å². The van der Waals surface area contributed by atoms with E-state index in [1.807, 2.05) is 12.1 Å². The Morgan fingerprint density at radius 1 is 1.17 bits per heavy atom. The number of para-hydroxylation sites is 1. The van der Waals surface area contributed by atoms with Gasteiger partial charge >= 0.3 is 0 Å². The van der Waals surface area contributed by atoms with Gasteiger partial charge in [0.25, 0.3) is 0 Å². The van der Waals surface area contributed by atoms with Gasteiger partial charge in [0.2, 0.25) is 5.91 Å². The van der Waals surface area contributed by atoms with Crippen LogP contribution in [0.15, 0.2) is 18.2 Å². The molecule has 0 fully saturated rings. The molecule has 8 heteroatoms. The standard InChI is InChI=1S/C22H33N5O3/c1-15(2)13-18(23-16(3)28)22-25-24-20-9-10-26(11-12-27(20)22)14-17-7-6-8-19(29-4)21(17)30-5/h6-8,15,18H,9-14H2,1-5H3,(H,23,28). The molecule has 0 bridgehead atoms. The molecule has 2 heterocycles. The quantitative estimate of drug-likeness (QED) is 0.714. The topological polar surface area (TPSA) is 81.5 Å². The number of amides is 1. The van der Waals surface area contributed by atoms with Crippen molar-refractivity contribution in [2.75, 3.05) is 27.3 Å². The number of nitrogens with one attached hydrogen (secondary N) is 1. The summed E-state index contributed by atoms with van der Waals surface area (Å²) < 4.78 is 13.2. The largest absolute Gasteiger partial charge is 0.493 e. The van der Waals surface area contributed by atoms with Crippen molar-refractivity contribution in [1.82, 2.24) is 25.0 Å². The lowest BCUT2D eigenvalue weighted by Gasteiger charge is -2.23. The minimum atomic E-state index is -0.117. The Labute approximate surface area is 178 Å². The van der Waals surface area contributed by atoms with E-state index in [1.165, 1.54) is 0 Å². The average Bonchev–Trinajstić information content (AvgIpc) is 3.01. The zero-order valence-electron chi connectivity index (χ0n) is 18.6. The van der Waals surface area contributed by atoms with Crippen LogP contribution in [0.25, 0.3) is 0 Å². The Morgan fingerprint density at radius 2 is 1.97 bits per heavy atom. The van der Waals surface area contributed by atoms with Crippen LogP contribution in [0, 0.1) is 5.92 Å². The molecule has 2 aromatic rings. The zero-order chi connectivity index (χ0) is 21.7. The molecule has 1 aromatic heterocycles. The number of carbonyl (C=O) groups is 1. The second-order valence-electron chi connectivity index (χ2n) is 8.19. The van der Waals surface area contributed by atoms with E-state index in [0.717, 1.165) is 67.7 Å². The Morgan fingerprint density at radius 3 is 2.63 bits per heavy atom. The van der Waals surface area contributed by atoms with Crippen LogP contribution in [0.3, 0.4) is 0 Å². The van der Waals surface area contributed by atoms with Gasteiger partial charge < -0.3 is 19.4 Å². The number of nitrogens with zero attached hydrogens (tertiary/aromatic N) is 4. The Bertz CT molecular complexity index is 864. The number of methoxy groups -OCH3 is 2. The molecule has 1 amide bonds. The maximum atomic E-state index is 11.7. The van der Waals surface area contributed by atoms with E-state index in [2.05, 4.69) is 44.9 Å². The van der Waals surface area contributed by atoms with Crippen molar-refractivity contribution < 1.29 is 14.3 Å². The molecule has 0 spiro atoms. The fraction of sp³-hybridized carbons (Fsp3) is 0.591. The van der Waals surface area contributed by atoms with Gasteiger partial charge in [-0.15, -0.1) is 10.2 Å². The summed E-state index contributed by atoms with van der Waals surface area (Å²) in [7, 11) is 3.33. The summed E-state index contributed by atoms with van der Waals surface area (Å²) in [6.45, 7) is 9.17. The maximum absolute atomic E-state index is 11.7. The second-order valence-corrected chi connectivity index (χ2v) is 8.19. The molecule has 0 saturated carbocycles. The lowest BCUT2D eigenvalue weighted by molar-refractivity contribution is -0.119. The van der Waals surface area contributed by atoms with E-state index in [9.17, 15) is 4.79 Å². The number of rotatable bonds is 8. The highest BCUT2D eigenvalue weighted by atomic mass is 16.5. The summed E-state index contributed by atoms with van der Waals surface area (Å²) in [6.07, 6.45) is 1.65.